The number of piperazine rings is 1. The van der Waals surface area contributed by atoms with E-state index < -0.39 is 12.1 Å². The zero-order chi connectivity index (χ0) is 52.5. The number of hydrogen-bond donors (Lipinski definition) is 6. The Hall–Kier alpha value is -3.26. The molecule has 0 aliphatic carbocycles. The Morgan fingerprint density at radius 1 is 0.333 bits per heavy atom. The number of rotatable bonds is 52. The van der Waals surface area contributed by atoms with E-state index in [0.717, 1.165) is 77.0 Å². The van der Waals surface area contributed by atoms with Crippen molar-refractivity contribution in [2.75, 3.05) is 65.4 Å². The van der Waals surface area contributed by atoms with Gasteiger partial charge in [0.15, 0.2) is 0 Å². The molecule has 1 heterocycles. The molecule has 1 aliphatic heterocycles. The molecule has 0 radical (unpaired) electrons. The van der Waals surface area contributed by atoms with Crippen molar-refractivity contribution in [3.8, 4) is 0 Å². The van der Waals surface area contributed by atoms with Crippen LogP contribution in [0, 0.1) is 0 Å². The van der Waals surface area contributed by atoms with Gasteiger partial charge in [0.05, 0.1) is 0 Å². The normalized spacial score (nSPS) is 14.6. The molecule has 14 heteroatoms. The molecule has 1 fully saturated rings. The molecular formula is C58H112N8O6. The van der Waals surface area contributed by atoms with Crippen LogP contribution in [0.25, 0.3) is 0 Å². The van der Waals surface area contributed by atoms with E-state index in [0.29, 0.717) is 104 Å². The largest absolute Gasteiger partial charge is 0.356 e. The van der Waals surface area contributed by atoms with E-state index in [2.05, 4.69) is 69.4 Å². The van der Waals surface area contributed by atoms with Crippen molar-refractivity contribution in [2.24, 2.45) is 0 Å². The second-order valence-electron chi connectivity index (χ2n) is 21.0. The Bertz CT molecular complexity index is 1270. The number of hydrogen-bond acceptors (Lipinski definition) is 8. The summed E-state index contributed by atoms with van der Waals surface area (Å²) < 4.78 is 0. The Labute approximate surface area is 440 Å². The van der Waals surface area contributed by atoms with Crippen molar-refractivity contribution in [2.45, 2.75) is 271 Å². The van der Waals surface area contributed by atoms with Crippen LogP contribution in [0.4, 0.5) is 0 Å². The molecule has 14 nitrogen and oxygen atoms in total. The van der Waals surface area contributed by atoms with E-state index in [1.54, 1.807) is 0 Å². The number of carbonyl (C=O) groups excluding carboxylic acids is 6. The van der Waals surface area contributed by atoms with Crippen molar-refractivity contribution in [1.29, 1.82) is 0 Å². The fraction of sp³-hybridized carbons (Fsp3) is 0.897. The van der Waals surface area contributed by atoms with Gasteiger partial charge >= 0.3 is 0 Å². The lowest BCUT2D eigenvalue weighted by atomic mass is 10.0. The predicted octanol–water partition coefficient (Wildman–Crippen LogP) is 10.2. The van der Waals surface area contributed by atoms with E-state index >= 15 is 0 Å². The molecule has 0 aromatic rings. The molecular weight excluding hydrogens is 905 g/mol. The summed E-state index contributed by atoms with van der Waals surface area (Å²) in [6.45, 7) is 15.3. The molecule has 72 heavy (non-hydrogen) atoms. The Balaban J connectivity index is 2.59. The lowest BCUT2D eigenvalue weighted by molar-refractivity contribution is -0.137. The molecule has 1 saturated heterocycles. The van der Waals surface area contributed by atoms with E-state index in [1.807, 2.05) is 0 Å². The third-order valence-electron chi connectivity index (χ3n) is 14.2. The van der Waals surface area contributed by atoms with Crippen molar-refractivity contribution in [3.05, 3.63) is 0 Å². The van der Waals surface area contributed by atoms with Crippen LogP contribution in [-0.2, 0) is 28.8 Å². The molecule has 0 aromatic carbocycles. The van der Waals surface area contributed by atoms with Crippen LogP contribution in [0.15, 0.2) is 0 Å². The average Bonchev–Trinajstić information content (AvgIpc) is 3.37. The zero-order valence-electron chi connectivity index (χ0n) is 47.0. The Kier molecular flexibility index (Phi) is 45.1. The van der Waals surface area contributed by atoms with E-state index in [4.69, 9.17) is 0 Å². The molecule has 0 bridgehead atoms. The van der Waals surface area contributed by atoms with Gasteiger partial charge in [0.2, 0.25) is 35.4 Å². The third-order valence-corrected chi connectivity index (χ3v) is 14.2. The van der Waals surface area contributed by atoms with Crippen LogP contribution in [0.3, 0.4) is 0 Å². The van der Waals surface area contributed by atoms with Gasteiger partial charge in [0, 0.05) is 78.0 Å². The summed E-state index contributed by atoms with van der Waals surface area (Å²) in [7, 11) is 0. The van der Waals surface area contributed by atoms with Gasteiger partial charge in [-0.15, -0.1) is 0 Å². The minimum absolute atomic E-state index is 0.0393. The van der Waals surface area contributed by atoms with Crippen LogP contribution in [-0.4, -0.2) is 123 Å². The summed E-state index contributed by atoms with van der Waals surface area (Å²) in [6, 6.07) is -1.18. The van der Waals surface area contributed by atoms with Crippen LogP contribution >= 0.6 is 0 Å². The highest BCUT2D eigenvalue weighted by molar-refractivity contribution is 5.96. The van der Waals surface area contributed by atoms with Crippen LogP contribution in [0.2, 0.25) is 0 Å². The lowest BCUT2D eigenvalue weighted by Crippen LogP contribution is -2.61. The summed E-state index contributed by atoms with van der Waals surface area (Å²) >= 11 is 0. The maximum atomic E-state index is 13.2. The first-order valence-electron chi connectivity index (χ1n) is 30.3. The molecule has 6 amide bonds. The number of nitrogens with zero attached hydrogens (tertiary/aromatic N) is 2. The molecule has 0 saturated carbocycles. The summed E-state index contributed by atoms with van der Waals surface area (Å²) in [5.41, 5.74) is 0. The van der Waals surface area contributed by atoms with Crippen molar-refractivity contribution < 1.29 is 28.8 Å². The number of amides is 6. The Morgan fingerprint density at radius 3 is 0.819 bits per heavy atom. The first kappa shape index (κ1) is 66.8. The first-order valence-corrected chi connectivity index (χ1v) is 30.3. The lowest BCUT2D eigenvalue weighted by Gasteiger charge is -2.30. The van der Waals surface area contributed by atoms with E-state index in [-0.39, 0.29) is 35.4 Å². The fourth-order valence-corrected chi connectivity index (χ4v) is 9.40. The van der Waals surface area contributed by atoms with Gasteiger partial charge in [-0.2, -0.15) is 0 Å². The highest BCUT2D eigenvalue weighted by Crippen LogP contribution is 2.14. The molecule has 420 valence electrons. The smallest absolute Gasteiger partial charge is 0.243 e. The predicted molar refractivity (Wildman–Crippen MR) is 298 cm³/mol. The minimum Gasteiger partial charge on any atom is -0.356 e. The maximum absolute atomic E-state index is 13.2. The van der Waals surface area contributed by atoms with Crippen LogP contribution in [0.1, 0.15) is 259 Å². The molecule has 1 aliphatic rings. The third kappa shape index (κ3) is 40.2. The van der Waals surface area contributed by atoms with Gasteiger partial charge in [-0.1, -0.05) is 169 Å². The SMILES string of the molecule is CCCCCCCCCNC(=O)CCN(CCCCC1NC(=O)C(CCCCN(CCC(=O)NCCCCCCCC)CCC(=O)NCCCCCCCCC)NC1=O)CCC(=O)NCCCCCCCC. The van der Waals surface area contributed by atoms with E-state index in [1.165, 1.54) is 116 Å². The van der Waals surface area contributed by atoms with Gasteiger partial charge in [-0.3, -0.25) is 28.8 Å². The van der Waals surface area contributed by atoms with Gasteiger partial charge in [0.25, 0.3) is 0 Å². The molecule has 6 N–H and O–H groups in total. The van der Waals surface area contributed by atoms with Crippen LogP contribution in [0.5, 0.6) is 0 Å². The topological polar surface area (TPSA) is 181 Å². The quantitative estimate of drug-likeness (QED) is 0.0326. The van der Waals surface area contributed by atoms with Gasteiger partial charge in [-0.05, 0) is 77.3 Å². The van der Waals surface area contributed by atoms with Crippen molar-refractivity contribution in [1.82, 2.24) is 41.7 Å². The monoisotopic (exact) mass is 1020 g/mol. The summed E-state index contributed by atoms with van der Waals surface area (Å²) in [5, 5.41) is 18.3. The highest BCUT2D eigenvalue weighted by Gasteiger charge is 2.32. The van der Waals surface area contributed by atoms with E-state index in [9.17, 15) is 28.8 Å². The van der Waals surface area contributed by atoms with Gasteiger partial charge in [0.1, 0.15) is 12.1 Å². The fourth-order valence-electron chi connectivity index (χ4n) is 9.40. The summed E-state index contributed by atoms with van der Waals surface area (Å²) in [6.07, 6.45) is 36.5. The average molecular weight is 1020 g/mol. The maximum Gasteiger partial charge on any atom is 0.243 e. The number of nitrogens with one attached hydrogen (secondary N) is 6. The number of carbonyl (C=O) groups is 6. The van der Waals surface area contributed by atoms with Gasteiger partial charge in [-0.25, -0.2) is 0 Å². The van der Waals surface area contributed by atoms with Crippen molar-refractivity contribution in [3.63, 3.8) is 0 Å². The van der Waals surface area contributed by atoms with Crippen molar-refractivity contribution >= 4 is 35.4 Å². The number of unbranched alkanes of at least 4 members (excludes halogenated alkanes) is 24. The molecule has 0 aromatic heterocycles. The molecule has 2 unspecified atom stereocenters. The summed E-state index contributed by atoms with van der Waals surface area (Å²) in [5.74, 6) is -0.160. The minimum atomic E-state index is -0.591. The molecule has 0 spiro atoms. The van der Waals surface area contributed by atoms with Crippen LogP contribution < -0.4 is 31.9 Å². The highest BCUT2D eigenvalue weighted by atomic mass is 16.2. The standard InChI is InChI=1S/C58H112N8O6/c1-5-9-13-17-21-25-31-43-61-55(69)39-49-65(47-37-53(67)59-41-29-23-19-15-11-7-3)45-33-27-35-51-57(71)64-52(58(72)63-51)36-28-34-46-66(48-38-54(68)60-42-30-24-20-16-12-8-4)50-40-56(70)62-44-32-26-22-18-14-10-6-2/h51-52H,5-50H2,1-4H3,(H,59,67)(H,60,68)(H,61,69)(H,62,70)(H,63,72)(H,64,71). The Morgan fingerprint density at radius 2 is 0.569 bits per heavy atom. The molecule has 2 atom stereocenters. The zero-order valence-corrected chi connectivity index (χ0v) is 47.0. The second kappa shape index (κ2) is 48.7. The second-order valence-corrected chi connectivity index (χ2v) is 21.0. The summed E-state index contributed by atoms with van der Waals surface area (Å²) in [4.78, 5) is 81.9. The first-order chi connectivity index (χ1) is 35.1. The van der Waals surface area contributed by atoms with Gasteiger partial charge < -0.3 is 41.7 Å². The molecule has 1 rings (SSSR count).